The van der Waals surface area contributed by atoms with Gasteiger partial charge in [-0.25, -0.2) is 0 Å². The molecular formula is C9H9F3N4O. The lowest BCUT2D eigenvalue weighted by molar-refractivity contribution is -0.140. The third-order valence-corrected chi connectivity index (χ3v) is 2.04. The second-order valence-corrected chi connectivity index (χ2v) is 3.29. The number of alkyl halides is 3. The number of ketones is 1. The van der Waals surface area contributed by atoms with Crippen molar-refractivity contribution in [2.45, 2.75) is 25.4 Å². The lowest BCUT2D eigenvalue weighted by atomic mass is 10.1. The number of H-pyrrole nitrogens is 1. The summed E-state index contributed by atoms with van der Waals surface area (Å²) < 4.78 is 37.0. The second kappa shape index (κ2) is 4.86. The molecule has 0 aliphatic heterocycles. The molecule has 0 aromatic carbocycles. The molecule has 8 heteroatoms. The second-order valence-electron chi connectivity index (χ2n) is 3.29. The van der Waals surface area contributed by atoms with Gasteiger partial charge in [0.25, 0.3) is 0 Å². The highest BCUT2D eigenvalue weighted by Gasteiger charge is 2.37. The van der Waals surface area contributed by atoms with E-state index in [1.54, 1.807) is 5.10 Å². The highest BCUT2D eigenvalue weighted by Crippen LogP contribution is 2.33. The number of Topliss-reactive ketones (excluding diaryl/α,β-unsaturated/α-hetero) is 1. The van der Waals surface area contributed by atoms with Crippen LogP contribution in [-0.4, -0.2) is 16.0 Å². The van der Waals surface area contributed by atoms with Crippen molar-refractivity contribution in [3.63, 3.8) is 0 Å². The van der Waals surface area contributed by atoms with Crippen LogP contribution < -0.4 is 5.73 Å². The number of nitrogens with zero attached hydrogens (tertiary/aromatic N) is 2. The van der Waals surface area contributed by atoms with Crippen LogP contribution in [0.5, 0.6) is 0 Å². The van der Waals surface area contributed by atoms with Gasteiger partial charge in [-0.2, -0.15) is 23.5 Å². The minimum atomic E-state index is -4.66. The van der Waals surface area contributed by atoms with Crippen molar-refractivity contribution in [2.75, 3.05) is 5.73 Å². The number of rotatable bonds is 4. The summed E-state index contributed by atoms with van der Waals surface area (Å²) in [6, 6.07) is 1.83. The number of nitrogen functional groups attached to an aromatic ring is 1. The Balaban J connectivity index is 2.83. The van der Waals surface area contributed by atoms with Crippen molar-refractivity contribution >= 4 is 11.5 Å². The minimum absolute atomic E-state index is 0.0556. The molecule has 0 saturated heterocycles. The van der Waals surface area contributed by atoms with Crippen molar-refractivity contribution in [1.29, 1.82) is 5.26 Å². The molecule has 5 nitrogen and oxygen atoms in total. The van der Waals surface area contributed by atoms with E-state index in [1.807, 2.05) is 6.07 Å². The quantitative estimate of drug-likeness (QED) is 0.626. The zero-order valence-electron chi connectivity index (χ0n) is 8.64. The Morgan fingerprint density at radius 3 is 2.65 bits per heavy atom. The van der Waals surface area contributed by atoms with E-state index in [1.165, 1.54) is 0 Å². The molecular weight excluding hydrogens is 237 g/mol. The van der Waals surface area contributed by atoms with Gasteiger partial charge in [-0.3, -0.25) is 9.89 Å². The zero-order chi connectivity index (χ0) is 13.1. The van der Waals surface area contributed by atoms with Crippen LogP contribution in [0.2, 0.25) is 0 Å². The first-order valence-corrected chi connectivity index (χ1v) is 4.69. The normalized spacial score (nSPS) is 11.2. The van der Waals surface area contributed by atoms with Gasteiger partial charge < -0.3 is 5.73 Å². The molecule has 0 atom stereocenters. The van der Waals surface area contributed by atoms with E-state index in [9.17, 15) is 18.0 Å². The van der Waals surface area contributed by atoms with Gasteiger partial charge in [0.1, 0.15) is 0 Å². The van der Waals surface area contributed by atoms with E-state index in [-0.39, 0.29) is 19.3 Å². The number of nitrogens with one attached hydrogen (secondary N) is 1. The monoisotopic (exact) mass is 246 g/mol. The summed E-state index contributed by atoms with van der Waals surface area (Å²) in [7, 11) is 0. The van der Waals surface area contributed by atoms with Crippen molar-refractivity contribution in [3.8, 4) is 6.07 Å². The van der Waals surface area contributed by atoms with Gasteiger partial charge in [-0.15, -0.1) is 0 Å². The number of aromatic amines is 1. The Labute approximate surface area is 94.4 Å². The van der Waals surface area contributed by atoms with Gasteiger partial charge in [-0.1, -0.05) is 0 Å². The number of anilines is 1. The molecule has 0 spiro atoms. The first-order chi connectivity index (χ1) is 7.88. The van der Waals surface area contributed by atoms with Crippen LogP contribution in [0, 0.1) is 11.3 Å². The van der Waals surface area contributed by atoms with Crippen molar-refractivity contribution in [2.24, 2.45) is 0 Å². The number of halogens is 3. The first kappa shape index (κ1) is 13.0. The molecule has 0 fully saturated rings. The Morgan fingerprint density at radius 2 is 2.18 bits per heavy atom. The van der Waals surface area contributed by atoms with Crippen LogP contribution in [0.15, 0.2) is 0 Å². The largest absolute Gasteiger partial charge is 0.434 e. The molecule has 92 valence electrons. The Bertz CT molecular complexity index is 458. The van der Waals surface area contributed by atoms with Crippen LogP contribution in [0.25, 0.3) is 0 Å². The van der Waals surface area contributed by atoms with Crippen LogP contribution in [0.3, 0.4) is 0 Å². The average Bonchev–Trinajstić information content (AvgIpc) is 2.59. The molecule has 0 amide bonds. The summed E-state index contributed by atoms with van der Waals surface area (Å²) in [6.07, 6.45) is -4.30. The van der Waals surface area contributed by atoms with E-state index in [0.29, 0.717) is 0 Å². The zero-order valence-corrected chi connectivity index (χ0v) is 8.64. The summed E-state index contributed by atoms with van der Waals surface area (Å²) in [4.78, 5) is 11.4. The Kier molecular flexibility index (Phi) is 3.73. The molecule has 0 radical (unpaired) electrons. The molecule has 3 N–H and O–H groups in total. The van der Waals surface area contributed by atoms with Crippen molar-refractivity contribution in [3.05, 3.63) is 11.4 Å². The Morgan fingerprint density at radius 1 is 1.53 bits per heavy atom. The minimum Gasteiger partial charge on any atom is -0.395 e. The molecule has 1 aromatic heterocycles. The molecule has 1 aromatic rings. The van der Waals surface area contributed by atoms with Crippen molar-refractivity contribution in [1.82, 2.24) is 10.2 Å². The summed E-state index contributed by atoms with van der Waals surface area (Å²) in [6.45, 7) is 0. The number of nitriles is 1. The molecule has 0 saturated carbocycles. The third-order valence-electron chi connectivity index (χ3n) is 2.04. The number of hydrogen-bond donors (Lipinski definition) is 2. The molecule has 1 rings (SSSR count). The third kappa shape index (κ3) is 2.96. The van der Waals surface area contributed by atoms with Gasteiger partial charge in [-0.05, 0) is 6.42 Å². The highest BCUT2D eigenvalue weighted by atomic mass is 19.4. The summed E-state index contributed by atoms with van der Waals surface area (Å²) in [5, 5.41) is 13.2. The smallest absolute Gasteiger partial charge is 0.395 e. The number of hydrogen-bond acceptors (Lipinski definition) is 4. The average molecular weight is 246 g/mol. The number of carbonyl (C=O) groups is 1. The molecule has 0 aliphatic carbocycles. The van der Waals surface area contributed by atoms with E-state index in [4.69, 9.17) is 11.0 Å². The SMILES string of the molecule is N#CCCCC(=O)c1n[nH]c(C(F)(F)F)c1N. The maximum Gasteiger partial charge on any atom is 0.434 e. The lowest BCUT2D eigenvalue weighted by Crippen LogP contribution is -2.10. The van der Waals surface area contributed by atoms with Gasteiger partial charge in [0.2, 0.25) is 0 Å². The number of aromatic nitrogens is 2. The van der Waals surface area contributed by atoms with E-state index < -0.39 is 29.0 Å². The van der Waals surface area contributed by atoms with Gasteiger partial charge >= 0.3 is 6.18 Å². The van der Waals surface area contributed by atoms with Gasteiger partial charge in [0.05, 0.1) is 11.8 Å². The number of carbonyl (C=O) groups excluding carboxylic acids is 1. The summed E-state index contributed by atoms with van der Waals surface area (Å²) >= 11 is 0. The van der Waals surface area contributed by atoms with E-state index >= 15 is 0 Å². The maximum absolute atomic E-state index is 12.3. The predicted molar refractivity (Wildman–Crippen MR) is 51.8 cm³/mol. The fourth-order valence-corrected chi connectivity index (χ4v) is 1.23. The van der Waals surface area contributed by atoms with Gasteiger partial charge in [0.15, 0.2) is 17.2 Å². The van der Waals surface area contributed by atoms with Crippen LogP contribution in [0.1, 0.15) is 35.4 Å². The molecule has 0 bridgehead atoms. The predicted octanol–water partition coefficient (Wildman–Crippen LogP) is 1.89. The van der Waals surface area contributed by atoms with E-state index in [2.05, 4.69) is 5.10 Å². The lowest BCUT2D eigenvalue weighted by Gasteiger charge is -2.03. The van der Waals surface area contributed by atoms with E-state index in [0.717, 1.165) is 0 Å². The number of nitrogens with two attached hydrogens (primary N) is 1. The van der Waals surface area contributed by atoms with Gasteiger partial charge in [0, 0.05) is 12.8 Å². The number of unbranched alkanes of at least 4 members (excludes halogenated alkanes) is 1. The van der Waals surface area contributed by atoms with Crippen LogP contribution >= 0.6 is 0 Å². The molecule has 0 aliphatic rings. The molecule has 0 unspecified atom stereocenters. The topological polar surface area (TPSA) is 95.6 Å². The highest BCUT2D eigenvalue weighted by molar-refractivity contribution is 5.99. The maximum atomic E-state index is 12.3. The van der Waals surface area contributed by atoms with Crippen LogP contribution in [-0.2, 0) is 6.18 Å². The summed E-state index contributed by atoms with van der Waals surface area (Å²) in [5.41, 5.74) is 2.86. The first-order valence-electron chi connectivity index (χ1n) is 4.69. The fraction of sp³-hybridized carbons (Fsp3) is 0.444. The molecule has 1 heterocycles. The standard InChI is InChI=1S/C9H9F3N4O/c10-9(11,12)8-6(14)7(15-16-8)5(17)3-1-2-4-13/h1-3,14H2,(H,15,16). The summed E-state index contributed by atoms with van der Waals surface area (Å²) in [5.74, 6) is -0.607. The van der Waals surface area contributed by atoms with Crippen molar-refractivity contribution < 1.29 is 18.0 Å². The van der Waals surface area contributed by atoms with Crippen LogP contribution in [0.4, 0.5) is 18.9 Å². The fourth-order valence-electron chi connectivity index (χ4n) is 1.23. The molecule has 17 heavy (non-hydrogen) atoms. The Hall–Kier alpha value is -2.04.